The lowest BCUT2D eigenvalue weighted by molar-refractivity contribution is -0.923. The summed E-state index contributed by atoms with van der Waals surface area (Å²) in [6.07, 6.45) is 5.57. The molecule has 3 heteroatoms. The van der Waals surface area contributed by atoms with Gasteiger partial charge in [-0.25, -0.2) is 0 Å². The van der Waals surface area contributed by atoms with Crippen molar-refractivity contribution in [2.24, 2.45) is 0 Å². The highest BCUT2D eigenvalue weighted by Crippen LogP contribution is 2.10. The molecule has 0 aromatic heterocycles. The quantitative estimate of drug-likeness (QED) is 0.447. The molecular formula is C15H33N2O+. The number of hydrogen-bond acceptors (Lipinski definition) is 1. The molecule has 0 heterocycles. The van der Waals surface area contributed by atoms with E-state index >= 15 is 0 Å². The Labute approximate surface area is 114 Å². The van der Waals surface area contributed by atoms with Crippen LogP contribution in [0.1, 0.15) is 59.8 Å². The summed E-state index contributed by atoms with van der Waals surface area (Å²) in [5.74, 6) is 0.175. The van der Waals surface area contributed by atoms with Gasteiger partial charge in [0, 0.05) is 13.0 Å². The second-order valence-electron chi connectivity index (χ2n) is 5.13. The lowest BCUT2D eigenvalue weighted by atomic mass is 10.1. The van der Waals surface area contributed by atoms with E-state index in [9.17, 15) is 4.79 Å². The molecule has 1 amide bonds. The molecule has 0 aliphatic rings. The number of amides is 1. The second-order valence-corrected chi connectivity index (χ2v) is 5.13. The molecule has 0 bridgehead atoms. The smallest absolute Gasteiger partial charge is 0.219 e. The summed E-state index contributed by atoms with van der Waals surface area (Å²) >= 11 is 0. The maximum absolute atomic E-state index is 11.0. The summed E-state index contributed by atoms with van der Waals surface area (Å²) in [5.41, 5.74) is 0. The van der Waals surface area contributed by atoms with Crippen LogP contribution in [0.15, 0.2) is 0 Å². The first kappa shape index (κ1) is 17.4. The molecular weight excluding hydrogens is 224 g/mol. The number of unbranched alkanes of at least 4 members (excludes halogenated alkanes) is 3. The van der Waals surface area contributed by atoms with Gasteiger partial charge >= 0.3 is 0 Å². The molecule has 108 valence electrons. The van der Waals surface area contributed by atoms with Crippen molar-refractivity contribution in [1.29, 1.82) is 0 Å². The van der Waals surface area contributed by atoms with E-state index in [1.54, 1.807) is 0 Å². The largest absolute Gasteiger partial charge is 0.356 e. The van der Waals surface area contributed by atoms with Gasteiger partial charge in [0.2, 0.25) is 5.91 Å². The zero-order valence-electron chi connectivity index (χ0n) is 12.9. The fourth-order valence-electron chi connectivity index (χ4n) is 2.42. The van der Waals surface area contributed by atoms with Crippen molar-refractivity contribution in [3.05, 3.63) is 0 Å². The average molecular weight is 257 g/mol. The minimum absolute atomic E-state index is 0.175. The molecule has 0 fully saturated rings. The van der Waals surface area contributed by atoms with Crippen LogP contribution in [-0.4, -0.2) is 43.1 Å². The van der Waals surface area contributed by atoms with E-state index < -0.39 is 0 Å². The van der Waals surface area contributed by atoms with Crippen LogP contribution in [0.2, 0.25) is 0 Å². The van der Waals surface area contributed by atoms with Crippen molar-refractivity contribution in [2.45, 2.75) is 59.8 Å². The van der Waals surface area contributed by atoms with Gasteiger partial charge in [0.25, 0.3) is 0 Å². The van der Waals surface area contributed by atoms with Crippen molar-refractivity contribution < 1.29 is 9.28 Å². The number of hydrogen-bond donors (Lipinski definition) is 1. The molecule has 0 aromatic rings. The van der Waals surface area contributed by atoms with Crippen LogP contribution < -0.4 is 5.32 Å². The van der Waals surface area contributed by atoms with Gasteiger partial charge in [-0.2, -0.15) is 0 Å². The topological polar surface area (TPSA) is 29.1 Å². The first-order valence-electron chi connectivity index (χ1n) is 7.75. The van der Waals surface area contributed by atoms with Crippen molar-refractivity contribution in [3.63, 3.8) is 0 Å². The molecule has 0 radical (unpaired) electrons. The van der Waals surface area contributed by atoms with E-state index in [0.717, 1.165) is 13.0 Å². The van der Waals surface area contributed by atoms with E-state index in [2.05, 4.69) is 26.1 Å². The Bertz CT molecular complexity index is 204. The monoisotopic (exact) mass is 257 g/mol. The molecule has 0 atom stereocenters. The number of nitrogens with zero attached hydrogens (tertiary/aromatic N) is 1. The molecule has 0 unspecified atom stereocenters. The summed E-state index contributed by atoms with van der Waals surface area (Å²) in [6, 6.07) is 0. The van der Waals surface area contributed by atoms with E-state index in [0.29, 0.717) is 6.42 Å². The summed E-state index contributed by atoms with van der Waals surface area (Å²) in [5, 5.41) is 2.93. The highest BCUT2D eigenvalue weighted by atomic mass is 16.1. The molecule has 18 heavy (non-hydrogen) atoms. The summed E-state index contributed by atoms with van der Waals surface area (Å²) < 4.78 is 1.26. The lowest BCUT2D eigenvalue weighted by Crippen LogP contribution is -2.48. The van der Waals surface area contributed by atoms with Crippen molar-refractivity contribution in [2.75, 3.05) is 32.7 Å². The van der Waals surface area contributed by atoms with Gasteiger partial charge in [-0.15, -0.1) is 0 Å². The van der Waals surface area contributed by atoms with Gasteiger partial charge in [-0.3, -0.25) is 4.79 Å². The van der Waals surface area contributed by atoms with Gasteiger partial charge in [0.05, 0.1) is 26.2 Å². The zero-order chi connectivity index (χ0) is 13.9. The number of carbonyl (C=O) groups excluding carboxylic acids is 1. The molecule has 0 aromatic carbocycles. The maximum atomic E-state index is 11.0. The van der Waals surface area contributed by atoms with Crippen LogP contribution in [0.5, 0.6) is 0 Å². The van der Waals surface area contributed by atoms with Crippen molar-refractivity contribution in [1.82, 2.24) is 5.32 Å². The Morgan fingerprint density at radius 3 is 1.94 bits per heavy atom. The first-order valence-corrected chi connectivity index (χ1v) is 7.75. The fraction of sp³-hybridized carbons (Fsp3) is 0.933. The highest BCUT2D eigenvalue weighted by molar-refractivity contribution is 5.75. The average Bonchev–Trinajstić information content (AvgIpc) is 2.42. The van der Waals surface area contributed by atoms with Crippen LogP contribution in [0, 0.1) is 0 Å². The van der Waals surface area contributed by atoms with Gasteiger partial charge in [0.15, 0.2) is 0 Å². The van der Waals surface area contributed by atoms with E-state index in [-0.39, 0.29) is 5.91 Å². The third-order valence-electron chi connectivity index (χ3n) is 4.21. The van der Waals surface area contributed by atoms with Crippen LogP contribution in [0.25, 0.3) is 0 Å². The number of rotatable bonds is 11. The molecule has 0 rings (SSSR count). The summed E-state index contributed by atoms with van der Waals surface area (Å²) in [6.45, 7) is 14.7. The summed E-state index contributed by atoms with van der Waals surface area (Å²) in [4.78, 5) is 11.0. The number of nitrogens with one attached hydrogen (secondary N) is 1. The van der Waals surface area contributed by atoms with Crippen LogP contribution >= 0.6 is 0 Å². The predicted octanol–water partition coefficient (Wildman–Crippen LogP) is 2.95. The third kappa shape index (κ3) is 7.00. The Morgan fingerprint density at radius 2 is 1.44 bits per heavy atom. The normalized spacial score (nSPS) is 11.6. The van der Waals surface area contributed by atoms with E-state index in [4.69, 9.17) is 0 Å². The minimum Gasteiger partial charge on any atom is -0.356 e. The zero-order valence-corrected chi connectivity index (χ0v) is 12.9. The molecule has 0 saturated carbocycles. The SMILES string of the molecule is CCC(=O)NCCCCCC[N+](CC)(CC)CC. The Hall–Kier alpha value is -0.570. The molecule has 0 saturated heterocycles. The fourth-order valence-corrected chi connectivity index (χ4v) is 2.42. The molecule has 1 N–H and O–H groups in total. The van der Waals surface area contributed by atoms with Crippen molar-refractivity contribution >= 4 is 5.91 Å². The summed E-state index contributed by atoms with van der Waals surface area (Å²) in [7, 11) is 0. The third-order valence-corrected chi connectivity index (χ3v) is 4.21. The predicted molar refractivity (Wildman–Crippen MR) is 78.5 cm³/mol. The van der Waals surface area contributed by atoms with Gasteiger partial charge in [0.1, 0.15) is 0 Å². The van der Waals surface area contributed by atoms with Crippen LogP contribution in [-0.2, 0) is 4.79 Å². The van der Waals surface area contributed by atoms with E-state index in [1.807, 2.05) is 6.92 Å². The van der Waals surface area contributed by atoms with Gasteiger partial charge in [-0.1, -0.05) is 13.3 Å². The van der Waals surface area contributed by atoms with Gasteiger partial charge < -0.3 is 9.80 Å². The maximum Gasteiger partial charge on any atom is 0.219 e. The molecule has 0 aliphatic heterocycles. The Balaban J connectivity index is 3.52. The van der Waals surface area contributed by atoms with Crippen molar-refractivity contribution in [3.8, 4) is 0 Å². The van der Waals surface area contributed by atoms with Crippen LogP contribution in [0.4, 0.5) is 0 Å². The number of quaternary nitrogens is 1. The second kappa shape index (κ2) is 10.4. The molecule has 0 spiro atoms. The highest BCUT2D eigenvalue weighted by Gasteiger charge is 2.19. The Morgan fingerprint density at radius 1 is 0.889 bits per heavy atom. The minimum atomic E-state index is 0.175. The number of carbonyl (C=O) groups is 1. The lowest BCUT2D eigenvalue weighted by Gasteiger charge is -2.35. The Kier molecular flexibility index (Phi) is 10.0. The molecule has 3 nitrogen and oxygen atoms in total. The van der Waals surface area contributed by atoms with E-state index in [1.165, 1.54) is 49.9 Å². The molecule has 0 aliphatic carbocycles. The van der Waals surface area contributed by atoms with Gasteiger partial charge in [-0.05, 0) is 40.0 Å². The first-order chi connectivity index (χ1) is 8.64. The standard InChI is InChI=1S/C15H32N2O/c1-5-15(18)16-13-11-9-10-12-14-17(6-2,7-3)8-4/h5-14H2,1-4H3/p+1. The van der Waals surface area contributed by atoms with Crippen LogP contribution in [0.3, 0.4) is 0 Å².